The maximum atomic E-state index is 11.0. The standard InChI is InChI=1S/C14H18N4O/c1-3-16-8-12-9-18(17-10(12)2)13-6-4-11(5-7-13)14(15)19/h4-7,9,16H,3,8H2,1-2H3,(H2,15,19). The second-order valence-corrected chi connectivity index (χ2v) is 4.38. The monoisotopic (exact) mass is 258 g/mol. The summed E-state index contributed by atoms with van der Waals surface area (Å²) in [6.07, 6.45) is 2.00. The molecule has 0 fully saturated rings. The lowest BCUT2D eigenvalue weighted by Crippen LogP contribution is -2.11. The predicted molar refractivity (Wildman–Crippen MR) is 74.2 cm³/mol. The Labute approximate surface area is 112 Å². The van der Waals surface area contributed by atoms with E-state index in [1.54, 1.807) is 12.1 Å². The van der Waals surface area contributed by atoms with Gasteiger partial charge in [0, 0.05) is 23.9 Å². The van der Waals surface area contributed by atoms with Crippen molar-refractivity contribution < 1.29 is 4.79 Å². The van der Waals surface area contributed by atoms with E-state index in [0.29, 0.717) is 5.56 Å². The molecule has 0 aliphatic rings. The number of nitrogens with one attached hydrogen (secondary N) is 1. The molecule has 0 atom stereocenters. The van der Waals surface area contributed by atoms with Gasteiger partial charge in [-0.05, 0) is 37.7 Å². The van der Waals surface area contributed by atoms with Gasteiger partial charge in [-0.15, -0.1) is 0 Å². The van der Waals surface area contributed by atoms with Crippen LogP contribution in [0.2, 0.25) is 0 Å². The summed E-state index contributed by atoms with van der Waals surface area (Å²) in [7, 11) is 0. The van der Waals surface area contributed by atoms with Crippen molar-refractivity contribution in [1.82, 2.24) is 15.1 Å². The van der Waals surface area contributed by atoms with Crippen molar-refractivity contribution in [2.24, 2.45) is 5.73 Å². The molecule has 5 heteroatoms. The quantitative estimate of drug-likeness (QED) is 0.851. The molecule has 0 saturated heterocycles. The summed E-state index contributed by atoms with van der Waals surface area (Å²) in [6, 6.07) is 7.09. The van der Waals surface area contributed by atoms with Crippen LogP contribution in [0, 0.1) is 6.92 Å². The van der Waals surface area contributed by atoms with Crippen LogP contribution in [0.3, 0.4) is 0 Å². The molecule has 1 aromatic heterocycles. The SMILES string of the molecule is CCNCc1cn(-c2ccc(C(N)=O)cc2)nc1C. The normalized spacial score (nSPS) is 10.6. The summed E-state index contributed by atoms with van der Waals surface area (Å²) in [4.78, 5) is 11.0. The summed E-state index contributed by atoms with van der Waals surface area (Å²) in [5.41, 5.74) is 8.80. The van der Waals surface area contributed by atoms with Gasteiger partial charge in [0.2, 0.25) is 5.91 Å². The zero-order valence-corrected chi connectivity index (χ0v) is 11.2. The second kappa shape index (κ2) is 5.67. The Morgan fingerprint density at radius 1 is 1.37 bits per heavy atom. The average Bonchev–Trinajstić information content (AvgIpc) is 2.78. The molecule has 1 aromatic carbocycles. The van der Waals surface area contributed by atoms with E-state index in [4.69, 9.17) is 5.73 Å². The number of amides is 1. The molecule has 3 N–H and O–H groups in total. The van der Waals surface area contributed by atoms with Crippen molar-refractivity contribution in [3.05, 3.63) is 47.3 Å². The van der Waals surface area contributed by atoms with Crippen LogP contribution < -0.4 is 11.1 Å². The molecule has 0 aliphatic heterocycles. The van der Waals surface area contributed by atoms with Gasteiger partial charge in [0.05, 0.1) is 11.4 Å². The molecule has 5 nitrogen and oxygen atoms in total. The number of rotatable bonds is 5. The molecular formula is C14H18N4O. The minimum Gasteiger partial charge on any atom is -0.366 e. The molecule has 1 amide bonds. The average molecular weight is 258 g/mol. The van der Waals surface area contributed by atoms with Crippen molar-refractivity contribution in [3.63, 3.8) is 0 Å². The molecule has 0 aliphatic carbocycles. The highest BCUT2D eigenvalue weighted by atomic mass is 16.1. The van der Waals surface area contributed by atoms with E-state index in [9.17, 15) is 4.79 Å². The first-order valence-corrected chi connectivity index (χ1v) is 6.28. The van der Waals surface area contributed by atoms with Gasteiger partial charge in [0.25, 0.3) is 0 Å². The molecule has 0 spiro atoms. The third kappa shape index (κ3) is 3.00. The molecule has 0 bridgehead atoms. The fourth-order valence-electron chi connectivity index (χ4n) is 1.84. The van der Waals surface area contributed by atoms with E-state index in [-0.39, 0.29) is 0 Å². The number of primary amides is 1. The molecule has 0 unspecified atom stereocenters. The number of aromatic nitrogens is 2. The van der Waals surface area contributed by atoms with Gasteiger partial charge >= 0.3 is 0 Å². The molecule has 19 heavy (non-hydrogen) atoms. The van der Waals surface area contributed by atoms with E-state index in [1.807, 2.05) is 29.9 Å². The van der Waals surface area contributed by atoms with Crippen LogP contribution in [-0.2, 0) is 6.54 Å². The maximum absolute atomic E-state index is 11.0. The Bertz CT molecular complexity index is 572. The van der Waals surface area contributed by atoms with E-state index in [0.717, 1.165) is 24.5 Å². The Hall–Kier alpha value is -2.14. The number of hydrogen-bond donors (Lipinski definition) is 2. The van der Waals surface area contributed by atoms with Crippen LogP contribution in [-0.4, -0.2) is 22.2 Å². The summed E-state index contributed by atoms with van der Waals surface area (Å²) >= 11 is 0. The van der Waals surface area contributed by atoms with Gasteiger partial charge in [-0.1, -0.05) is 6.92 Å². The lowest BCUT2D eigenvalue weighted by Gasteiger charge is -2.02. The lowest BCUT2D eigenvalue weighted by atomic mass is 10.2. The van der Waals surface area contributed by atoms with Crippen molar-refractivity contribution >= 4 is 5.91 Å². The van der Waals surface area contributed by atoms with Gasteiger partial charge in [-0.2, -0.15) is 5.10 Å². The number of benzene rings is 1. The summed E-state index contributed by atoms with van der Waals surface area (Å²) < 4.78 is 1.81. The number of hydrogen-bond acceptors (Lipinski definition) is 3. The Morgan fingerprint density at radius 3 is 2.63 bits per heavy atom. The van der Waals surface area contributed by atoms with Crippen LogP contribution in [0.1, 0.15) is 28.5 Å². The highest BCUT2D eigenvalue weighted by Crippen LogP contribution is 2.13. The van der Waals surface area contributed by atoms with Crippen molar-refractivity contribution in [2.75, 3.05) is 6.54 Å². The molecule has 0 radical (unpaired) electrons. The molecular weight excluding hydrogens is 240 g/mol. The van der Waals surface area contributed by atoms with Crippen molar-refractivity contribution in [1.29, 1.82) is 0 Å². The van der Waals surface area contributed by atoms with E-state index < -0.39 is 5.91 Å². The molecule has 2 aromatic rings. The first-order valence-electron chi connectivity index (χ1n) is 6.28. The smallest absolute Gasteiger partial charge is 0.248 e. The molecule has 1 heterocycles. The fraction of sp³-hybridized carbons (Fsp3) is 0.286. The van der Waals surface area contributed by atoms with Crippen LogP contribution in [0.15, 0.2) is 30.5 Å². The zero-order chi connectivity index (χ0) is 13.8. The van der Waals surface area contributed by atoms with Crippen molar-refractivity contribution in [3.8, 4) is 5.69 Å². The minimum absolute atomic E-state index is 0.420. The second-order valence-electron chi connectivity index (χ2n) is 4.38. The predicted octanol–water partition coefficient (Wildman–Crippen LogP) is 1.39. The fourth-order valence-corrected chi connectivity index (χ4v) is 1.84. The van der Waals surface area contributed by atoms with Gasteiger partial charge in [0.15, 0.2) is 0 Å². The van der Waals surface area contributed by atoms with Crippen molar-refractivity contribution in [2.45, 2.75) is 20.4 Å². The van der Waals surface area contributed by atoms with Gasteiger partial charge < -0.3 is 11.1 Å². The Morgan fingerprint density at radius 2 is 2.05 bits per heavy atom. The highest BCUT2D eigenvalue weighted by Gasteiger charge is 2.06. The maximum Gasteiger partial charge on any atom is 0.248 e. The highest BCUT2D eigenvalue weighted by molar-refractivity contribution is 5.92. The number of nitrogens with two attached hydrogens (primary N) is 1. The van der Waals surface area contributed by atoms with Crippen LogP contribution in [0.25, 0.3) is 5.69 Å². The molecule has 100 valence electrons. The summed E-state index contributed by atoms with van der Waals surface area (Å²) in [5.74, 6) is -0.420. The zero-order valence-electron chi connectivity index (χ0n) is 11.2. The summed E-state index contributed by atoms with van der Waals surface area (Å²) in [5, 5.41) is 7.75. The van der Waals surface area contributed by atoms with Gasteiger partial charge in [0.1, 0.15) is 0 Å². The molecule has 2 rings (SSSR count). The van der Waals surface area contributed by atoms with E-state index in [2.05, 4.69) is 17.3 Å². The Kier molecular flexibility index (Phi) is 3.97. The minimum atomic E-state index is -0.420. The number of aryl methyl sites for hydroxylation is 1. The Balaban J connectivity index is 2.24. The van der Waals surface area contributed by atoms with Gasteiger partial charge in [-0.3, -0.25) is 4.79 Å². The topological polar surface area (TPSA) is 72.9 Å². The number of nitrogens with zero attached hydrogens (tertiary/aromatic N) is 2. The summed E-state index contributed by atoms with van der Waals surface area (Å²) in [6.45, 7) is 5.79. The third-order valence-electron chi connectivity index (χ3n) is 2.98. The first kappa shape index (κ1) is 13.3. The number of carbonyl (C=O) groups is 1. The largest absolute Gasteiger partial charge is 0.366 e. The van der Waals surface area contributed by atoms with Gasteiger partial charge in [-0.25, -0.2) is 4.68 Å². The third-order valence-corrected chi connectivity index (χ3v) is 2.98. The van der Waals surface area contributed by atoms with Crippen LogP contribution in [0.5, 0.6) is 0 Å². The molecule has 0 saturated carbocycles. The van der Waals surface area contributed by atoms with Crippen LogP contribution >= 0.6 is 0 Å². The first-order chi connectivity index (χ1) is 9.11. The van der Waals surface area contributed by atoms with Crippen LogP contribution in [0.4, 0.5) is 0 Å². The van der Waals surface area contributed by atoms with E-state index >= 15 is 0 Å². The number of carbonyl (C=O) groups excluding carboxylic acids is 1. The van der Waals surface area contributed by atoms with E-state index in [1.165, 1.54) is 5.56 Å². The lowest BCUT2D eigenvalue weighted by molar-refractivity contribution is 0.100.